The first-order chi connectivity index (χ1) is 7.58. The number of hydrogen-bond acceptors (Lipinski definition) is 2. The van der Waals surface area contributed by atoms with Gasteiger partial charge in [0.05, 0.1) is 0 Å². The van der Waals surface area contributed by atoms with Crippen LogP contribution in [0.2, 0.25) is 0 Å². The topological polar surface area (TPSA) is 29.3 Å². The van der Waals surface area contributed by atoms with Gasteiger partial charge in [0.25, 0.3) is 0 Å². The van der Waals surface area contributed by atoms with Gasteiger partial charge in [0.2, 0.25) is 0 Å². The smallest absolute Gasteiger partial charge is 0.0220 e. The van der Waals surface area contributed by atoms with E-state index in [-0.39, 0.29) is 0 Å². The van der Waals surface area contributed by atoms with E-state index in [9.17, 15) is 0 Å². The molecule has 0 saturated heterocycles. The molecule has 0 radical (unpaired) electrons. The van der Waals surface area contributed by atoms with Crippen LogP contribution in [0.15, 0.2) is 0 Å². The third-order valence-electron chi connectivity index (χ3n) is 3.59. The quantitative estimate of drug-likeness (QED) is 0.657. The van der Waals surface area contributed by atoms with E-state index in [1.54, 1.807) is 0 Å². The van der Waals surface area contributed by atoms with Crippen LogP contribution in [0.1, 0.15) is 53.9 Å². The molecular weight excluding hydrogens is 196 g/mol. The van der Waals surface area contributed by atoms with Crippen LogP contribution in [0, 0.1) is 11.8 Å². The SMILES string of the molecule is CCC(CC)CN(CC)C(CN)CC(C)C. The maximum absolute atomic E-state index is 5.91. The second kappa shape index (κ2) is 9.00. The van der Waals surface area contributed by atoms with Crippen LogP contribution in [0.3, 0.4) is 0 Å². The molecule has 1 atom stereocenters. The Morgan fingerprint density at radius 3 is 1.94 bits per heavy atom. The molecule has 0 rings (SSSR count). The minimum Gasteiger partial charge on any atom is -0.329 e. The molecule has 1 unspecified atom stereocenters. The first-order valence-corrected chi connectivity index (χ1v) is 7.02. The van der Waals surface area contributed by atoms with E-state index in [0.29, 0.717) is 6.04 Å². The van der Waals surface area contributed by atoms with E-state index in [0.717, 1.165) is 24.9 Å². The zero-order valence-electron chi connectivity index (χ0n) is 12.0. The minimum absolute atomic E-state index is 0.575. The van der Waals surface area contributed by atoms with Gasteiger partial charge in [-0.05, 0) is 24.8 Å². The Balaban J connectivity index is 4.30. The Labute approximate surface area is 103 Å². The fraction of sp³-hybridized carbons (Fsp3) is 1.00. The molecule has 0 fully saturated rings. The molecule has 0 bridgehead atoms. The van der Waals surface area contributed by atoms with E-state index in [1.807, 2.05) is 0 Å². The molecule has 98 valence electrons. The van der Waals surface area contributed by atoms with Crippen molar-refractivity contribution in [2.45, 2.75) is 59.9 Å². The Hall–Kier alpha value is -0.0800. The van der Waals surface area contributed by atoms with Gasteiger partial charge in [0.1, 0.15) is 0 Å². The van der Waals surface area contributed by atoms with Crippen molar-refractivity contribution >= 4 is 0 Å². The summed E-state index contributed by atoms with van der Waals surface area (Å²) in [4.78, 5) is 2.58. The first kappa shape index (κ1) is 15.9. The lowest BCUT2D eigenvalue weighted by atomic mass is 9.98. The summed E-state index contributed by atoms with van der Waals surface area (Å²) in [5.41, 5.74) is 5.91. The van der Waals surface area contributed by atoms with Crippen LogP contribution < -0.4 is 5.73 Å². The summed E-state index contributed by atoms with van der Waals surface area (Å²) >= 11 is 0. The molecular formula is C14H32N2. The fourth-order valence-electron chi connectivity index (χ4n) is 2.35. The summed E-state index contributed by atoms with van der Waals surface area (Å²) in [5.74, 6) is 1.57. The van der Waals surface area contributed by atoms with Crippen molar-refractivity contribution in [1.82, 2.24) is 4.90 Å². The van der Waals surface area contributed by atoms with E-state index in [2.05, 4.69) is 39.5 Å². The van der Waals surface area contributed by atoms with Gasteiger partial charge in [-0.15, -0.1) is 0 Å². The minimum atomic E-state index is 0.575. The van der Waals surface area contributed by atoms with Gasteiger partial charge in [0, 0.05) is 19.1 Å². The van der Waals surface area contributed by atoms with Crippen molar-refractivity contribution in [3.05, 3.63) is 0 Å². The highest BCUT2D eigenvalue weighted by molar-refractivity contribution is 4.75. The lowest BCUT2D eigenvalue weighted by molar-refractivity contribution is 0.155. The summed E-state index contributed by atoms with van der Waals surface area (Å²) in [6.07, 6.45) is 3.79. The summed E-state index contributed by atoms with van der Waals surface area (Å²) in [7, 11) is 0. The standard InChI is InChI=1S/C14H32N2/c1-6-13(7-2)11-16(8-3)14(10-15)9-12(4)5/h12-14H,6-11,15H2,1-5H3. The number of nitrogens with two attached hydrogens (primary N) is 1. The predicted octanol–water partition coefficient (Wildman–Crippen LogP) is 3.12. The lowest BCUT2D eigenvalue weighted by Crippen LogP contribution is -2.43. The zero-order valence-corrected chi connectivity index (χ0v) is 12.0. The van der Waals surface area contributed by atoms with E-state index in [1.165, 1.54) is 25.8 Å². The van der Waals surface area contributed by atoms with Crippen LogP contribution >= 0.6 is 0 Å². The molecule has 0 heterocycles. The third kappa shape index (κ3) is 5.86. The Bertz CT molecular complexity index is 153. The maximum atomic E-state index is 5.91. The molecule has 0 aliphatic carbocycles. The second-order valence-corrected chi connectivity index (χ2v) is 5.29. The zero-order chi connectivity index (χ0) is 12.6. The molecule has 2 heteroatoms. The second-order valence-electron chi connectivity index (χ2n) is 5.29. The first-order valence-electron chi connectivity index (χ1n) is 7.02. The monoisotopic (exact) mass is 228 g/mol. The predicted molar refractivity (Wildman–Crippen MR) is 73.6 cm³/mol. The summed E-state index contributed by atoms with van der Waals surface area (Å²) in [6, 6.07) is 0.575. The summed E-state index contributed by atoms with van der Waals surface area (Å²) < 4.78 is 0. The van der Waals surface area contributed by atoms with Crippen LogP contribution in [0.5, 0.6) is 0 Å². The van der Waals surface area contributed by atoms with Crippen molar-refractivity contribution in [2.24, 2.45) is 17.6 Å². The molecule has 0 amide bonds. The Morgan fingerprint density at radius 1 is 1.06 bits per heavy atom. The summed E-state index contributed by atoms with van der Waals surface area (Å²) in [5, 5.41) is 0. The van der Waals surface area contributed by atoms with Crippen molar-refractivity contribution in [3.8, 4) is 0 Å². The third-order valence-corrected chi connectivity index (χ3v) is 3.59. The normalized spacial score (nSPS) is 14.1. The van der Waals surface area contributed by atoms with Crippen molar-refractivity contribution in [2.75, 3.05) is 19.6 Å². The van der Waals surface area contributed by atoms with Gasteiger partial charge < -0.3 is 5.73 Å². The average Bonchev–Trinajstić information content (AvgIpc) is 2.28. The van der Waals surface area contributed by atoms with Crippen LogP contribution in [0.4, 0.5) is 0 Å². The number of hydrogen-bond donors (Lipinski definition) is 1. The van der Waals surface area contributed by atoms with Gasteiger partial charge >= 0.3 is 0 Å². The molecule has 0 saturated carbocycles. The number of likely N-dealkylation sites (N-methyl/N-ethyl adjacent to an activating group) is 1. The Kier molecular flexibility index (Phi) is 8.96. The highest BCUT2D eigenvalue weighted by Gasteiger charge is 2.19. The highest BCUT2D eigenvalue weighted by Crippen LogP contribution is 2.16. The van der Waals surface area contributed by atoms with Crippen LogP contribution in [-0.4, -0.2) is 30.6 Å². The average molecular weight is 228 g/mol. The molecule has 0 aliphatic heterocycles. The molecule has 2 N–H and O–H groups in total. The van der Waals surface area contributed by atoms with E-state index < -0.39 is 0 Å². The van der Waals surface area contributed by atoms with Crippen molar-refractivity contribution < 1.29 is 0 Å². The molecule has 0 aliphatic rings. The van der Waals surface area contributed by atoms with Gasteiger partial charge in [-0.3, -0.25) is 4.90 Å². The number of nitrogens with zero attached hydrogens (tertiary/aromatic N) is 1. The summed E-state index contributed by atoms with van der Waals surface area (Å²) in [6.45, 7) is 14.6. The van der Waals surface area contributed by atoms with E-state index in [4.69, 9.17) is 5.73 Å². The van der Waals surface area contributed by atoms with Gasteiger partial charge in [-0.1, -0.05) is 47.5 Å². The Morgan fingerprint density at radius 2 is 1.62 bits per heavy atom. The largest absolute Gasteiger partial charge is 0.329 e. The molecule has 0 aromatic heterocycles. The lowest BCUT2D eigenvalue weighted by Gasteiger charge is -2.33. The molecule has 2 nitrogen and oxygen atoms in total. The maximum Gasteiger partial charge on any atom is 0.0220 e. The van der Waals surface area contributed by atoms with Gasteiger partial charge in [-0.25, -0.2) is 0 Å². The van der Waals surface area contributed by atoms with Crippen molar-refractivity contribution in [3.63, 3.8) is 0 Å². The van der Waals surface area contributed by atoms with Crippen LogP contribution in [0.25, 0.3) is 0 Å². The molecule has 0 aromatic carbocycles. The van der Waals surface area contributed by atoms with Crippen LogP contribution in [-0.2, 0) is 0 Å². The van der Waals surface area contributed by atoms with Gasteiger partial charge in [-0.2, -0.15) is 0 Å². The van der Waals surface area contributed by atoms with Crippen molar-refractivity contribution in [1.29, 1.82) is 0 Å². The fourth-order valence-corrected chi connectivity index (χ4v) is 2.35. The van der Waals surface area contributed by atoms with Gasteiger partial charge in [0.15, 0.2) is 0 Å². The molecule has 0 spiro atoms. The molecule has 16 heavy (non-hydrogen) atoms. The highest BCUT2D eigenvalue weighted by atomic mass is 15.2. The number of rotatable bonds is 9. The molecule has 0 aromatic rings. The van der Waals surface area contributed by atoms with E-state index >= 15 is 0 Å².